The Morgan fingerprint density at radius 3 is 2.79 bits per heavy atom. The topological polar surface area (TPSA) is 58.6 Å². The Morgan fingerprint density at radius 2 is 2.21 bits per heavy atom. The molecule has 0 radical (unpaired) electrons. The highest BCUT2D eigenvalue weighted by molar-refractivity contribution is 5.78. The zero-order chi connectivity index (χ0) is 10.4. The molecule has 82 valence electrons. The lowest BCUT2D eigenvalue weighted by molar-refractivity contribution is -0.125. The summed E-state index contributed by atoms with van der Waals surface area (Å²) >= 11 is 0. The SMILES string of the molecule is COCC(O)CNC(=O)C1CCCC1. The number of amides is 1. The van der Waals surface area contributed by atoms with Crippen molar-refractivity contribution in [2.75, 3.05) is 20.3 Å². The Morgan fingerprint density at radius 1 is 1.57 bits per heavy atom. The Kier molecular flexibility index (Phi) is 4.90. The van der Waals surface area contributed by atoms with Crippen LogP contribution >= 0.6 is 0 Å². The van der Waals surface area contributed by atoms with Gasteiger partial charge in [-0.2, -0.15) is 0 Å². The molecule has 1 fully saturated rings. The van der Waals surface area contributed by atoms with Crippen LogP contribution in [0.5, 0.6) is 0 Å². The summed E-state index contributed by atoms with van der Waals surface area (Å²) in [6.07, 6.45) is 3.70. The average molecular weight is 201 g/mol. The van der Waals surface area contributed by atoms with Crippen molar-refractivity contribution in [3.05, 3.63) is 0 Å². The van der Waals surface area contributed by atoms with E-state index in [2.05, 4.69) is 5.32 Å². The molecule has 1 aliphatic carbocycles. The molecule has 0 aromatic heterocycles. The molecule has 0 bridgehead atoms. The summed E-state index contributed by atoms with van der Waals surface area (Å²) in [6.45, 7) is 0.564. The van der Waals surface area contributed by atoms with E-state index in [1.165, 1.54) is 7.11 Å². The van der Waals surface area contributed by atoms with Crippen molar-refractivity contribution in [2.24, 2.45) is 5.92 Å². The van der Waals surface area contributed by atoms with Crippen LogP contribution in [0.1, 0.15) is 25.7 Å². The van der Waals surface area contributed by atoms with Crippen LogP contribution in [0.15, 0.2) is 0 Å². The third-order valence-corrected chi connectivity index (χ3v) is 2.60. The third-order valence-electron chi connectivity index (χ3n) is 2.60. The highest BCUT2D eigenvalue weighted by atomic mass is 16.5. The summed E-state index contributed by atoms with van der Waals surface area (Å²) in [7, 11) is 1.53. The van der Waals surface area contributed by atoms with Crippen LogP contribution < -0.4 is 5.32 Å². The fourth-order valence-electron chi connectivity index (χ4n) is 1.80. The summed E-state index contributed by atoms with van der Waals surface area (Å²) in [5.74, 6) is 0.252. The molecule has 1 aliphatic rings. The molecule has 0 saturated heterocycles. The highest BCUT2D eigenvalue weighted by Gasteiger charge is 2.22. The highest BCUT2D eigenvalue weighted by Crippen LogP contribution is 2.24. The second kappa shape index (κ2) is 5.98. The Labute approximate surface area is 84.6 Å². The van der Waals surface area contributed by atoms with E-state index in [1.807, 2.05) is 0 Å². The van der Waals surface area contributed by atoms with Crippen LogP contribution in [0.3, 0.4) is 0 Å². The van der Waals surface area contributed by atoms with Gasteiger partial charge in [0.05, 0.1) is 12.7 Å². The molecular formula is C10H19NO3. The van der Waals surface area contributed by atoms with Gasteiger partial charge in [-0.3, -0.25) is 4.79 Å². The van der Waals surface area contributed by atoms with Crippen LogP contribution in [-0.4, -0.2) is 37.4 Å². The second-order valence-corrected chi connectivity index (χ2v) is 3.84. The first-order valence-electron chi connectivity index (χ1n) is 5.18. The van der Waals surface area contributed by atoms with E-state index < -0.39 is 6.10 Å². The van der Waals surface area contributed by atoms with Gasteiger partial charge in [-0.25, -0.2) is 0 Å². The lowest BCUT2D eigenvalue weighted by Gasteiger charge is -2.13. The number of aliphatic hydroxyl groups excluding tert-OH is 1. The maximum Gasteiger partial charge on any atom is 0.223 e. The molecule has 1 saturated carbocycles. The van der Waals surface area contributed by atoms with Gasteiger partial charge in [0.25, 0.3) is 0 Å². The zero-order valence-corrected chi connectivity index (χ0v) is 8.66. The van der Waals surface area contributed by atoms with Crippen LogP contribution in [0.4, 0.5) is 0 Å². The number of methoxy groups -OCH3 is 1. The van der Waals surface area contributed by atoms with Gasteiger partial charge < -0.3 is 15.2 Å². The maximum absolute atomic E-state index is 11.5. The Bertz CT molecular complexity index is 178. The van der Waals surface area contributed by atoms with Crippen molar-refractivity contribution in [3.8, 4) is 0 Å². The molecule has 0 heterocycles. The maximum atomic E-state index is 11.5. The van der Waals surface area contributed by atoms with E-state index in [-0.39, 0.29) is 18.4 Å². The quantitative estimate of drug-likeness (QED) is 0.672. The number of hydrogen-bond acceptors (Lipinski definition) is 3. The van der Waals surface area contributed by atoms with Gasteiger partial charge in [-0.05, 0) is 12.8 Å². The number of nitrogens with one attached hydrogen (secondary N) is 1. The lowest BCUT2D eigenvalue weighted by Crippen LogP contribution is -2.37. The third kappa shape index (κ3) is 3.64. The van der Waals surface area contributed by atoms with E-state index in [0.717, 1.165) is 25.7 Å². The van der Waals surface area contributed by atoms with Gasteiger partial charge in [-0.15, -0.1) is 0 Å². The van der Waals surface area contributed by atoms with Crippen molar-refractivity contribution in [1.29, 1.82) is 0 Å². The summed E-state index contributed by atoms with van der Waals surface area (Å²) in [5, 5.41) is 12.0. The fraction of sp³-hybridized carbons (Fsp3) is 0.900. The molecule has 0 aromatic carbocycles. The number of rotatable bonds is 5. The van der Waals surface area contributed by atoms with Crippen molar-refractivity contribution in [2.45, 2.75) is 31.8 Å². The van der Waals surface area contributed by atoms with Crippen LogP contribution in [0.2, 0.25) is 0 Å². The first-order chi connectivity index (χ1) is 6.74. The van der Waals surface area contributed by atoms with E-state index in [0.29, 0.717) is 6.54 Å². The fourth-order valence-corrected chi connectivity index (χ4v) is 1.80. The molecule has 2 N–H and O–H groups in total. The Balaban J connectivity index is 2.13. The molecule has 0 spiro atoms. The summed E-state index contributed by atoms with van der Waals surface area (Å²) in [4.78, 5) is 11.5. The molecule has 14 heavy (non-hydrogen) atoms. The van der Waals surface area contributed by atoms with Gasteiger partial charge in [-0.1, -0.05) is 12.8 Å². The molecule has 4 heteroatoms. The molecule has 4 nitrogen and oxygen atoms in total. The lowest BCUT2D eigenvalue weighted by atomic mass is 10.1. The van der Waals surface area contributed by atoms with E-state index >= 15 is 0 Å². The summed E-state index contributed by atoms with van der Waals surface area (Å²) in [6, 6.07) is 0. The molecule has 1 amide bonds. The minimum Gasteiger partial charge on any atom is -0.389 e. The molecule has 1 unspecified atom stereocenters. The van der Waals surface area contributed by atoms with Crippen molar-refractivity contribution in [3.63, 3.8) is 0 Å². The van der Waals surface area contributed by atoms with Crippen molar-refractivity contribution < 1.29 is 14.6 Å². The summed E-state index contributed by atoms with van der Waals surface area (Å²) < 4.78 is 4.76. The monoisotopic (exact) mass is 201 g/mol. The number of carbonyl (C=O) groups is 1. The molecule has 0 aromatic rings. The number of hydrogen-bond donors (Lipinski definition) is 2. The number of carbonyl (C=O) groups excluding carboxylic acids is 1. The van der Waals surface area contributed by atoms with Gasteiger partial charge in [0.15, 0.2) is 0 Å². The smallest absolute Gasteiger partial charge is 0.223 e. The van der Waals surface area contributed by atoms with E-state index in [4.69, 9.17) is 4.74 Å². The van der Waals surface area contributed by atoms with E-state index in [9.17, 15) is 9.90 Å². The second-order valence-electron chi connectivity index (χ2n) is 3.84. The van der Waals surface area contributed by atoms with Crippen molar-refractivity contribution >= 4 is 5.91 Å². The van der Waals surface area contributed by atoms with Gasteiger partial charge in [0.2, 0.25) is 5.91 Å². The van der Waals surface area contributed by atoms with E-state index in [1.54, 1.807) is 0 Å². The van der Waals surface area contributed by atoms with Crippen LogP contribution in [0, 0.1) is 5.92 Å². The van der Waals surface area contributed by atoms with Gasteiger partial charge in [0, 0.05) is 19.6 Å². The first-order valence-corrected chi connectivity index (χ1v) is 5.18. The largest absolute Gasteiger partial charge is 0.389 e. The minimum absolute atomic E-state index is 0.0812. The molecule has 1 atom stereocenters. The zero-order valence-electron chi connectivity index (χ0n) is 8.66. The first kappa shape index (κ1) is 11.5. The van der Waals surface area contributed by atoms with Gasteiger partial charge >= 0.3 is 0 Å². The Hall–Kier alpha value is -0.610. The molecule has 0 aliphatic heterocycles. The van der Waals surface area contributed by atoms with Gasteiger partial charge in [0.1, 0.15) is 0 Å². The predicted octanol–water partition coefficient (Wildman–Crippen LogP) is 0.300. The summed E-state index contributed by atoms with van der Waals surface area (Å²) in [5.41, 5.74) is 0. The van der Waals surface area contributed by atoms with Crippen LogP contribution in [0.25, 0.3) is 0 Å². The molecular weight excluding hydrogens is 182 g/mol. The number of aliphatic hydroxyl groups is 1. The van der Waals surface area contributed by atoms with Crippen LogP contribution in [-0.2, 0) is 9.53 Å². The predicted molar refractivity (Wildman–Crippen MR) is 52.9 cm³/mol. The number of ether oxygens (including phenoxy) is 1. The standard InChI is InChI=1S/C10H19NO3/c1-14-7-9(12)6-11-10(13)8-4-2-3-5-8/h8-9,12H,2-7H2,1H3,(H,11,13). The minimum atomic E-state index is -0.592. The molecule has 1 rings (SSSR count). The normalized spacial score (nSPS) is 19.6. The van der Waals surface area contributed by atoms with Crippen molar-refractivity contribution in [1.82, 2.24) is 5.32 Å². The average Bonchev–Trinajstić information content (AvgIpc) is 2.67.